The van der Waals surface area contributed by atoms with Gasteiger partial charge in [-0.1, -0.05) is 0 Å². The van der Waals surface area contributed by atoms with Crippen LogP contribution in [0.4, 0.5) is 10.1 Å². The maximum Gasteiger partial charge on any atom is 0.160 e. The molecular weight excluding hydrogens is 195 g/mol. The predicted octanol–water partition coefficient (Wildman–Crippen LogP) is 1.69. The average Bonchev–Trinajstić information content (AvgIpc) is 2.65. The van der Waals surface area contributed by atoms with Gasteiger partial charge in [0, 0.05) is 17.8 Å². The lowest BCUT2D eigenvalue weighted by molar-refractivity contribution is 0.628. The first-order valence-electron chi connectivity index (χ1n) is 4.65. The normalized spacial score (nSPS) is 10.5. The second-order valence-corrected chi connectivity index (χ2v) is 3.13. The minimum atomic E-state index is -0.348. The summed E-state index contributed by atoms with van der Waals surface area (Å²) in [5.41, 5.74) is 6.79. The predicted molar refractivity (Wildman–Crippen MR) is 55.5 cm³/mol. The van der Waals surface area contributed by atoms with Crippen molar-refractivity contribution in [2.45, 2.75) is 13.5 Å². The Morgan fingerprint density at radius 2 is 2.27 bits per heavy atom. The van der Waals surface area contributed by atoms with E-state index in [9.17, 15) is 4.39 Å². The van der Waals surface area contributed by atoms with Crippen LogP contribution in [0.25, 0.3) is 11.4 Å². The third kappa shape index (κ3) is 1.68. The SMILES string of the molecule is CCn1ncnc1-c1ccc(F)cc1N. The van der Waals surface area contributed by atoms with Crippen LogP contribution >= 0.6 is 0 Å². The van der Waals surface area contributed by atoms with E-state index >= 15 is 0 Å². The summed E-state index contributed by atoms with van der Waals surface area (Å²) in [7, 11) is 0. The van der Waals surface area contributed by atoms with Gasteiger partial charge in [0.2, 0.25) is 0 Å². The largest absolute Gasteiger partial charge is 0.398 e. The van der Waals surface area contributed by atoms with Crippen molar-refractivity contribution in [1.82, 2.24) is 14.8 Å². The third-order valence-electron chi connectivity index (χ3n) is 2.17. The van der Waals surface area contributed by atoms with Crippen molar-refractivity contribution in [1.29, 1.82) is 0 Å². The molecule has 1 aromatic heterocycles. The summed E-state index contributed by atoms with van der Waals surface area (Å²) < 4.78 is 14.6. The summed E-state index contributed by atoms with van der Waals surface area (Å²) in [5, 5.41) is 4.03. The van der Waals surface area contributed by atoms with Crippen LogP contribution in [0.5, 0.6) is 0 Å². The zero-order valence-corrected chi connectivity index (χ0v) is 8.31. The van der Waals surface area contributed by atoms with Gasteiger partial charge in [-0.15, -0.1) is 0 Å². The van der Waals surface area contributed by atoms with E-state index in [0.717, 1.165) is 0 Å². The standard InChI is InChI=1S/C10H11FN4/c1-2-15-10(13-6-14-15)8-4-3-7(11)5-9(8)12/h3-6H,2,12H2,1H3. The van der Waals surface area contributed by atoms with Gasteiger partial charge < -0.3 is 5.73 Å². The van der Waals surface area contributed by atoms with Crippen LogP contribution in [-0.2, 0) is 6.54 Å². The Labute approximate surface area is 86.6 Å². The fraction of sp³-hybridized carbons (Fsp3) is 0.200. The van der Waals surface area contributed by atoms with E-state index in [1.54, 1.807) is 10.7 Å². The number of aromatic nitrogens is 3. The van der Waals surface area contributed by atoms with Gasteiger partial charge in [0.15, 0.2) is 5.82 Å². The van der Waals surface area contributed by atoms with Crippen molar-refractivity contribution in [2.75, 3.05) is 5.73 Å². The van der Waals surface area contributed by atoms with Crippen molar-refractivity contribution in [3.05, 3.63) is 30.3 Å². The van der Waals surface area contributed by atoms with E-state index in [1.165, 1.54) is 18.5 Å². The molecule has 4 nitrogen and oxygen atoms in total. The molecule has 0 spiro atoms. The van der Waals surface area contributed by atoms with Crippen LogP contribution in [0.3, 0.4) is 0 Å². The first kappa shape index (κ1) is 9.64. The first-order valence-corrected chi connectivity index (χ1v) is 4.65. The number of rotatable bonds is 2. The Morgan fingerprint density at radius 3 is 2.93 bits per heavy atom. The molecule has 0 saturated carbocycles. The summed E-state index contributed by atoms with van der Waals surface area (Å²) in [6.07, 6.45) is 1.46. The Kier molecular flexibility index (Phi) is 2.37. The van der Waals surface area contributed by atoms with E-state index in [1.807, 2.05) is 6.92 Å². The van der Waals surface area contributed by atoms with E-state index in [2.05, 4.69) is 10.1 Å². The van der Waals surface area contributed by atoms with Gasteiger partial charge in [-0.05, 0) is 25.1 Å². The molecule has 0 aliphatic rings. The number of nitrogens with two attached hydrogens (primary N) is 1. The summed E-state index contributed by atoms with van der Waals surface area (Å²) in [5.74, 6) is 0.314. The topological polar surface area (TPSA) is 56.7 Å². The van der Waals surface area contributed by atoms with Gasteiger partial charge in [-0.3, -0.25) is 0 Å². The molecule has 1 heterocycles. The Balaban J connectivity index is 2.54. The first-order chi connectivity index (χ1) is 7.22. The lowest BCUT2D eigenvalue weighted by atomic mass is 10.1. The molecule has 0 bridgehead atoms. The molecule has 1 aromatic carbocycles. The quantitative estimate of drug-likeness (QED) is 0.760. The molecule has 0 amide bonds. The van der Waals surface area contributed by atoms with Crippen LogP contribution < -0.4 is 5.73 Å². The highest BCUT2D eigenvalue weighted by Gasteiger charge is 2.09. The monoisotopic (exact) mass is 206 g/mol. The van der Waals surface area contributed by atoms with Gasteiger partial charge in [-0.25, -0.2) is 14.1 Å². The van der Waals surface area contributed by atoms with Gasteiger partial charge in [-0.2, -0.15) is 5.10 Å². The minimum Gasteiger partial charge on any atom is -0.398 e. The van der Waals surface area contributed by atoms with Crippen LogP contribution in [0, 0.1) is 5.82 Å². The molecule has 2 N–H and O–H groups in total. The van der Waals surface area contributed by atoms with Crippen LogP contribution in [0.1, 0.15) is 6.92 Å². The third-order valence-corrected chi connectivity index (χ3v) is 2.17. The van der Waals surface area contributed by atoms with E-state index in [-0.39, 0.29) is 5.82 Å². The Morgan fingerprint density at radius 1 is 1.47 bits per heavy atom. The number of anilines is 1. The Hall–Kier alpha value is -1.91. The van der Waals surface area contributed by atoms with Crippen LogP contribution in [0.15, 0.2) is 24.5 Å². The molecule has 0 atom stereocenters. The molecular formula is C10H11FN4. The average molecular weight is 206 g/mol. The van der Waals surface area contributed by atoms with Crippen molar-refractivity contribution in [3.8, 4) is 11.4 Å². The smallest absolute Gasteiger partial charge is 0.160 e. The lowest BCUT2D eigenvalue weighted by Gasteiger charge is -2.05. The Bertz CT molecular complexity index is 478. The molecule has 2 aromatic rings. The zero-order chi connectivity index (χ0) is 10.8. The molecule has 0 unspecified atom stereocenters. The number of benzene rings is 1. The molecule has 0 radical (unpaired) electrons. The van der Waals surface area contributed by atoms with Gasteiger partial charge in [0.25, 0.3) is 0 Å². The van der Waals surface area contributed by atoms with Crippen molar-refractivity contribution >= 4 is 5.69 Å². The fourth-order valence-corrected chi connectivity index (χ4v) is 1.44. The summed E-state index contributed by atoms with van der Waals surface area (Å²) in [4.78, 5) is 4.10. The molecule has 0 saturated heterocycles. The lowest BCUT2D eigenvalue weighted by Crippen LogP contribution is -2.01. The fourth-order valence-electron chi connectivity index (χ4n) is 1.44. The molecule has 0 aliphatic carbocycles. The maximum atomic E-state index is 12.8. The number of halogens is 1. The van der Waals surface area contributed by atoms with Gasteiger partial charge in [0.05, 0.1) is 0 Å². The number of hydrogen-bond donors (Lipinski definition) is 1. The molecule has 2 rings (SSSR count). The summed E-state index contributed by atoms with van der Waals surface area (Å²) in [6.45, 7) is 2.66. The van der Waals surface area contributed by atoms with E-state index in [0.29, 0.717) is 23.6 Å². The van der Waals surface area contributed by atoms with Crippen molar-refractivity contribution < 1.29 is 4.39 Å². The minimum absolute atomic E-state index is 0.348. The molecule has 78 valence electrons. The zero-order valence-electron chi connectivity index (χ0n) is 8.31. The second kappa shape index (κ2) is 3.68. The van der Waals surface area contributed by atoms with Gasteiger partial charge >= 0.3 is 0 Å². The summed E-state index contributed by atoms with van der Waals surface area (Å²) in [6, 6.07) is 4.26. The molecule has 0 fully saturated rings. The van der Waals surface area contributed by atoms with Crippen LogP contribution in [-0.4, -0.2) is 14.8 Å². The highest BCUT2D eigenvalue weighted by Crippen LogP contribution is 2.24. The number of nitrogens with zero attached hydrogens (tertiary/aromatic N) is 3. The van der Waals surface area contributed by atoms with E-state index in [4.69, 9.17) is 5.73 Å². The second-order valence-electron chi connectivity index (χ2n) is 3.13. The summed E-state index contributed by atoms with van der Waals surface area (Å²) >= 11 is 0. The van der Waals surface area contributed by atoms with E-state index < -0.39 is 0 Å². The highest BCUT2D eigenvalue weighted by molar-refractivity contribution is 5.71. The molecule has 0 aliphatic heterocycles. The van der Waals surface area contributed by atoms with Gasteiger partial charge in [0.1, 0.15) is 12.1 Å². The van der Waals surface area contributed by atoms with Crippen molar-refractivity contribution in [2.24, 2.45) is 0 Å². The number of aryl methyl sites for hydroxylation is 1. The van der Waals surface area contributed by atoms with Crippen molar-refractivity contribution in [3.63, 3.8) is 0 Å². The molecule has 5 heteroatoms. The number of hydrogen-bond acceptors (Lipinski definition) is 3. The maximum absolute atomic E-state index is 12.8. The molecule has 15 heavy (non-hydrogen) atoms. The number of nitrogen functional groups attached to an aromatic ring is 1. The van der Waals surface area contributed by atoms with Crippen LogP contribution in [0.2, 0.25) is 0 Å². The highest BCUT2D eigenvalue weighted by atomic mass is 19.1.